The number of fused-ring (bicyclic) bond motifs is 1. The molecule has 4 rings (SSSR count). The van der Waals surface area contributed by atoms with Gasteiger partial charge in [-0.15, -0.1) is 0 Å². The van der Waals surface area contributed by atoms with Crippen molar-refractivity contribution < 1.29 is 13.2 Å². The van der Waals surface area contributed by atoms with E-state index in [9.17, 15) is 8.42 Å². The van der Waals surface area contributed by atoms with E-state index in [0.29, 0.717) is 16.7 Å². The first-order valence-corrected chi connectivity index (χ1v) is 12.6. The minimum atomic E-state index is -3.26. The second-order valence-corrected chi connectivity index (χ2v) is 10.4. The molecule has 3 heterocycles. The molecule has 1 aliphatic heterocycles. The molecule has 1 aromatic carbocycles. The third-order valence-corrected chi connectivity index (χ3v) is 7.21. The number of piperazine rings is 1. The normalized spacial score (nSPS) is 17.7. The van der Waals surface area contributed by atoms with Gasteiger partial charge in [0.1, 0.15) is 6.33 Å². The van der Waals surface area contributed by atoms with Crippen molar-refractivity contribution in [3.8, 4) is 5.75 Å². The van der Waals surface area contributed by atoms with Crippen molar-refractivity contribution >= 4 is 26.6 Å². The molecule has 1 aliphatic rings. The number of rotatable bonds is 7. The number of ether oxygens (including phenoxy) is 1. The Morgan fingerprint density at radius 2 is 2.09 bits per heavy atom. The van der Waals surface area contributed by atoms with Gasteiger partial charge in [-0.3, -0.25) is 9.58 Å². The Hall–Kier alpha value is -2.85. The lowest BCUT2D eigenvalue weighted by atomic mass is 10.1. The molecule has 172 valence electrons. The number of nitrogen functional groups attached to an aromatic ring is 1. The highest BCUT2D eigenvalue weighted by Crippen LogP contribution is 2.28. The van der Waals surface area contributed by atoms with Gasteiger partial charge < -0.3 is 15.5 Å². The minimum Gasteiger partial charge on any atom is -0.491 e. The maximum absolute atomic E-state index is 12.0. The van der Waals surface area contributed by atoms with Crippen molar-refractivity contribution in [1.82, 2.24) is 19.5 Å². The van der Waals surface area contributed by atoms with Gasteiger partial charge in [-0.1, -0.05) is 0 Å². The predicted octanol–water partition coefficient (Wildman–Crippen LogP) is 1.70. The highest BCUT2D eigenvalue weighted by Gasteiger charge is 2.26. The Balaban J connectivity index is 1.39. The van der Waals surface area contributed by atoms with Crippen molar-refractivity contribution in [2.75, 3.05) is 50.3 Å². The number of nitrogens with two attached hydrogens (primary N) is 1. The first-order chi connectivity index (χ1) is 15.3. The van der Waals surface area contributed by atoms with Crippen LogP contribution < -0.4 is 15.5 Å². The van der Waals surface area contributed by atoms with E-state index in [1.165, 1.54) is 6.26 Å². The molecule has 2 N–H and O–H groups in total. The van der Waals surface area contributed by atoms with E-state index in [0.717, 1.165) is 61.3 Å². The van der Waals surface area contributed by atoms with E-state index >= 15 is 0 Å². The lowest BCUT2D eigenvalue weighted by Gasteiger charge is -2.40. The Labute approximate surface area is 188 Å². The summed E-state index contributed by atoms with van der Waals surface area (Å²) in [6.07, 6.45) is 8.18. The molecular weight excluding hydrogens is 428 g/mol. The maximum Gasteiger partial charge on any atom is 0.179 e. The van der Waals surface area contributed by atoms with E-state index in [4.69, 9.17) is 10.6 Å². The average molecular weight is 459 g/mol. The average Bonchev–Trinajstić information content (AvgIpc) is 3.08. The molecule has 1 fully saturated rings. The van der Waals surface area contributed by atoms with Crippen molar-refractivity contribution in [1.29, 1.82) is 0 Å². The van der Waals surface area contributed by atoms with Crippen LogP contribution in [0, 0.1) is 0 Å². The van der Waals surface area contributed by atoms with Gasteiger partial charge in [0.05, 0.1) is 23.7 Å². The fraction of sp³-hybridized carbons (Fsp3) is 0.455. The van der Waals surface area contributed by atoms with Crippen LogP contribution in [0.2, 0.25) is 0 Å². The summed E-state index contributed by atoms with van der Waals surface area (Å²) in [5.74, 6) is 7.63. The molecule has 1 saturated heterocycles. The van der Waals surface area contributed by atoms with Crippen LogP contribution >= 0.6 is 0 Å². The maximum atomic E-state index is 12.0. The fourth-order valence-electron chi connectivity index (χ4n) is 4.45. The van der Waals surface area contributed by atoms with Gasteiger partial charge in [-0.05, 0) is 50.1 Å². The van der Waals surface area contributed by atoms with Gasteiger partial charge in [0.15, 0.2) is 21.4 Å². The van der Waals surface area contributed by atoms with Crippen LogP contribution in [-0.4, -0.2) is 73.5 Å². The first-order valence-electron chi connectivity index (χ1n) is 10.7. The number of aromatic nitrogens is 3. The Bertz CT molecular complexity index is 1210. The summed E-state index contributed by atoms with van der Waals surface area (Å²) < 4.78 is 30.9. The molecule has 0 aliphatic carbocycles. The summed E-state index contributed by atoms with van der Waals surface area (Å²) in [5, 5.41) is 0.907. The minimum absolute atomic E-state index is 0.302. The van der Waals surface area contributed by atoms with E-state index in [1.54, 1.807) is 42.5 Å². The van der Waals surface area contributed by atoms with Crippen LogP contribution in [0.15, 0.2) is 41.8 Å². The summed E-state index contributed by atoms with van der Waals surface area (Å²) in [6, 6.07) is 5.42. The number of nitrogens with zero attached hydrogens (tertiary/aromatic N) is 5. The zero-order valence-electron chi connectivity index (χ0n) is 18.7. The van der Waals surface area contributed by atoms with Crippen LogP contribution in [0.4, 0.5) is 5.82 Å². The molecule has 0 amide bonds. The number of hydrogen-bond donors (Lipinski definition) is 1. The molecule has 3 aromatic rings. The molecule has 1 unspecified atom stereocenters. The number of hydrogen-bond acceptors (Lipinski definition) is 8. The molecule has 2 aromatic heterocycles. The molecule has 0 saturated carbocycles. The summed E-state index contributed by atoms with van der Waals surface area (Å²) in [7, 11) is -1.62. The van der Waals surface area contributed by atoms with Crippen LogP contribution in [0.25, 0.3) is 10.9 Å². The molecule has 1 atom stereocenters. The van der Waals surface area contributed by atoms with E-state index in [-0.39, 0.29) is 0 Å². The number of benzene rings is 1. The van der Waals surface area contributed by atoms with Crippen LogP contribution in [0.3, 0.4) is 0 Å². The highest BCUT2D eigenvalue weighted by atomic mass is 32.2. The van der Waals surface area contributed by atoms with Gasteiger partial charge in [-0.25, -0.2) is 18.4 Å². The zero-order valence-corrected chi connectivity index (χ0v) is 19.5. The van der Waals surface area contributed by atoms with Gasteiger partial charge >= 0.3 is 0 Å². The Morgan fingerprint density at radius 1 is 1.28 bits per heavy atom. The third kappa shape index (κ3) is 4.51. The summed E-state index contributed by atoms with van der Waals surface area (Å²) >= 11 is 0. The Morgan fingerprint density at radius 3 is 2.81 bits per heavy atom. The number of methoxy groups -OCH3 is 1. The SMILES string of the molecule is COc1cncnc1N1CCN(CCCc2cn(N)c3ccc(S(C)(=O)=O)cc23)CC1C. The van der Waals surface area contributed by atoms with Crippen molar-refractivity contribution in [3.63, 3.8) is 0 Å². The Kier molecular flexibility index (Phi) is 6.25. The van der Waals surface area contributed by atoms with Gasteiger partial charge in [-0.2, -0.15) is 0 Å². The number of sulfone groups is 1. The van der Waals surface area contributed by atoms with E-state index in [2.05, 4.69) is 26.7 Å². The van der Waals surface area contributed by atoms with Crippen LogP contribution in [-0.2, 0) is 16.3 Å². The topological polar surface area (TPSA) is 107 Å². The van der Waals surface area contributed by atoms with Gasteiger partial charge in [0, 0.05) is 43.5 Å². The first kappa shape index (κ1) is 22.3. The molecule has 32 heavy (non-hydrogen) atoms. The van der Waals surface area contributed by atoms with Crippen molar-refractivity contribution in [3.05, 3.63) is 42.5 Å². The molecular formula is C22H30N6O3S. The summed E-state index contributed by atoms with van der Waals surface area (Å²) in [6.45, 7) is 5.90. The lowest BCUT2D eigenvalue weighted by Crippen LogP contribution is -2.52. The molecule has 10 heteroatoms. The van der Waals surface area contributed by atoms with Gasteiger partial charge in [0.2, 0.25) is 0 Å². The molecule has 0 radical (unpaired) electrons. The summed E-state index contributed by atoms with van der Waals surface area (Å²) in [4.78, 5) is 13.5. The van der Waals surface area contributed by atoms with E-state index in [1.807, 2.05) is 6.20 Å². The van der Waals surface area contributed by atoms with Crippen molar-refractivity contribution in [2.45, 2.75) is 30.7 Å². The van der Waals surface area contributed by atoms with Crippen molar-refractivity contribution in [2.24, 2.45) is 0 Å². The second kappa shape index (κ2) is 8.95. The molecule has 0 spiro atoms. The molecule has 9 nitrogen and oxygen atoms in total. The van der Waals surface area contributed by atoms with Crippen LogP contribution in [0.5, 0.6) is 5.75 Å². The lowest BCUT2D eigenvalue weighted by molar-refractivity contribution is 0.225. The third-order valence-electron chi connectivity index (χ3n) is 6.10. The number of anilines is 1. The monoisotopic (exact) mass is 458 g/mol. The second-order valence-electron chi connectivity index (χ2n) is 8.37. The smallest absolute Gasteiger partial charge is 0.179 e. The highest BCUT2D eigenvalue weighted by molar-refractivity contribution is 7.90. The fourth-order valence-corrected chi connectivity index (χ4v) is 5.10. The quantitative estimate of drug-likeness (QED) is 0.533. The summed E-state index contributed by atoms with van der Waals surface area (Å²) in [5.41, 5.74) is 1.92. The van der Waals surface area contributed by atoms with Gasteiger partial charge in [0.25, 0.3) is 0 Å². The molecule has 0 bridgehead atoms. The predicted molar refractivity (Wildman–Crippen MR) is 125 cm³/mol. The number of aryl methyl sites for hydroxylation is 1. The van der Waals surface area contributed by atoms with E-state index < -0.39 is 9.84 Å². The largest absolute Gasteiger partial charge is 0.491 e. The standard InChI is InChI=1S/C22H30N6O3S/c1-16-13-26(9-10-27(16)22-21(31-2)12-24-15-25-22)8-4-5-17-14-28(23)20-7-6-18(11-19(17)20)32(3,29)30/h6-7,11-12,14-16H,4-5,8-10,13,23H2,1-3H3. The zero-order chi connectivity index (χ0) is 22.9. The van der Waals surface area contributed by atoms with Crippen LogP contribution in [0.1, 0.15) is 18.9 Å².